The Labute approximate surface area is 136 Å². The van der Waals surface area contributed by atoms with E-state index in [9.17, 15) is 0 Å². The second-order valence-electron chi connectivity index (χ2n) is 5.01. The minimum absolute atomic E-state index is 0.162. The van der Waals surface area contributed by atoms with Crippen molar-refractivity contribution in [2.45, 2.75) is 30.1 Å². The maximum Gasteiger partial charge on any atom is 0.0831 e. The predicted molar refractivity (Wildman–Crippen MR) is 94.0 cm³/mol. The van der Waals surface area contributed by atoms with Crippen LogP contribution in [0.5, 0.6) is 0 Å². The molecule has 2 nitrogen and oxygen atoms in total. The zero-order valence-corrected chi connectivity index (χ0v) is 14.0. The molecular weight excluding hydrogens is 300 g/mol. The molecular formula is C17H24O2S2. The summed E-state index contributed by atoms with van der Waals surface area (Å²) in [6.07, 6.45) is 4.35. The Morgan fingerprint density at radius 3 is 2.71 bits per heavy atom. The van der Waals surface area contributed by atoms with Crippen molar-refractivity contribution in [3.63, 3.8) is 0 Å². The smallest absolute Gasteiger partial charge is 0.0831 e. The lowest BCUT2D eigenvalue weighted by Crippen LogP contribution is -2.25. The van der Waals surface area contributed by atoms with Gasteiger partial charge in [-0.2, -0.15) is 0 Å². The van der Waals surface area contributed by atoms with Crippen LogP contribution in [-0.4, -0.2) is 35.4 Å². The van der Waals surface area contributed by atoms with Crippen molar-refractivity contribution in [1.29, 1.82) is 0 Å². The van der Waals surface area contributed by atoms with Crippen LogP contribution in [0.2, 0.25) is 0 Å². The predicted octanol–water partition coefficient (Wildman–Crippen LogP) is 4.36. The quantitative estimate of drug-likeness (QED) is 0.628. The normalized spacial score (nSPS) is 17.5. The maximum absolute atomic E-state index is 5.86. The van der Waals surface area contributed by atoms with Gasteiger partial charge < -0.3 is 9.47 Å². The number of thioether (sulfide) groups is 2. The lowest BCUT2D eigenvalue weighted by atomic mass is 10.2. The summed E-state index contributed by atoms with van der Waals surface area (Å²) < 4.78 is 12.4. The number of ether oxygens (including phenoxy) is 2. The van der Waals surface area contributed by atoms with E-state index in [0.29, 0.717) is 24.4 Å². The van der Waals surface area contributed by atoms with Gasteiger partial charge in [0.15, 0.2) is 0 Å². The fourth-order valence-corrected chi connectivity index (χ4v) is 5.15. The van der Waals surface area contributed by atoms with Gasteiger partial charge in [0.05, 0.1) is 30.5 Å². The third-order valence-electron chi connectivity index (χ3n) is 3.22. The Morgan fingerprint density at radius 2 is 2.00 bits per heavy atom. The van der Waals surface area contributed by atoms with E-state index >= 15 is 0 Å². The Bertz CT molecular complexity index is 391. The molecule has 1 fully saturated rings. The first-order chi connectivity index (χ1) is 10.4. The highest BCUT2D eigenvalue weighted by atomic mass is 32.2. The van der Waals surface area contributed by atoms with Crippen molar-refractivity contribution in [2.75, 3.05) is 24.7 Å². The molecule has 0 radical (unpaired) electrons. The summed E-state index contributed by atoms with van der Waals surface area (Å²) in [5, 5.41) is 0. The average molecular weight is 325 g/mol. The first kappa shape index (κ1) is 16.9. The maximum atomic E-state index is 5.86. The molecule has 1 aliphatic rings. The molecule has 1 heterocycles. The van der Waals surface area contributed by atoms with E-state index in [0.717, 1.165) is 6.42 Å². The highest BCUT2D eigenvalue weighted by Gasteiger charge is 2.20. The summed E-state index contributed by atoms with van der Waals surface area (Å²) in [4.78, 5) is 0. The number of benzene rings is 1. The molecule has 0 saturated carbocycles. The molecule has 4 heteroatoms. The van der Waals surface area contributed by atoms with Crippen molar-refractivity contribution in [3.05, 3.63) is 48.6 Å². The average Bonchev–Trinajstić information content (AvgIpc) is 2.54. The third kappa shape index (κ3) is 6.92. The molecule has 1 aromatic rings. The largest absolute Gasteiger partial charge is 0.374 e. The van der Waals surface area contributed by atoms with Gasteiger partial charge in [-0.05, 0) is 29.9 Å². The minimum atomic E-state index is 0.162. The van der Waals surface area contributed by atoms with Crippen LogP contribution in [-0.2, 0) is 16.1 Å². The monoisotopic (exact) mass is 324 g/mol. The second-order valence-corrected chi connectivity index (χ2v) is 7.92. The van der Waals surface area contributed by atoms with Gasteiger partial charge in [0, 0.05) is 0 Å². The van der Waals surface area contributed by atoms with E-state index in [1.54, 1.807) is 0 Å². The van der Waals surface area contributed by atoms with Gasteiger partial charge in [-0.1, -0.05) is 36.4 Å². The van der Waals surface area contributed by atoms with Crippen molar-refractivity contribution in [2.24, 2.45) is 0 Å². The molecule has 116 valence electrons. The fraction of sp³-hybridized carbons (Fsp3) is 0.529. The van der Waals surface area contributed by atoms with Crippen LogP contribution < -0.4 is 0 Å². The van der Waals surface area contributed by atoms with E-state index in [1.165, 1.54) is 23.5 Å². The van der Waals surface area contributed by atoms with E-state index in [4.69, 9.17) is 9.47 Å². The van der Waals surface area contributed by atoms with Gasteiger partial charge in [0.25, 0.3) is 0 Å². The van der Waals surface area contributed by atoms with Crippen LogP contribution in [0.25, 0.3) is 0 Å². The summed E-state index contributed by atoms with van der Waals surface area (Å²) in [5.74, 6) is 2.55. The molecule has 0 aromatic heterocycles. The van der Waals surface area contributed by atoms with Crippen molar-refractivity contribution in [3.8, 4) is 0 Å². The minimum Gasteiger partial charge on any atom is -0.374 e. The molecule has 1 aliphatic heterocycles. The molecule has 21 heavy (non-hydrogen) atoms. The van der Waals surface area contributed by atoms with Gasteiger partial charge >= 0.3 is 0 Å². The van der Waals surface area contributed by atoms with Gasteiger partial charge in [0.2, 0.25) is 0 Å². The van der Waals surface area contributed by atoms with Crippen LogP contribution in [0.4, 0.5) is 0 Å². The molecule has 1 aromatic carbocycles. The molecule has 0 N–H and O–H groups in total. The van der Waals surface area contributed by atoms with Crippen LogP contribution >= 0.6 is 23.5 Å². The SMILES string of the molecule is C=CCO[C@H](COCc1ccccc1)CC1SCCCS1. The molecule has 0 aliphatic carbocycles. The summed E-state index contributed by atoms with van der Waals surface area (Å²) >= 11 is 4.11. The molecule has 0 unspecified atom stereocenters. The van der Waals surface area contributed by atoms with E-state index < -0.39 is 0 Å². The zero-order chi connectivity index (χ0) is 14.8. The third-order valence-corrected chi connectivity index (χ3v) is 6.21. The van der Waals surface area contributed by atoms with Gasteiger partial charge in [-0.15, -0.1) is 30.1 Å². The standard InChI is InChI=1S/C17H24O2S2/c1-2-9-19-16(12-17-20-10-6-11-21-17)14-18-13-15-7-4-3-5-8-15/h2-5,7-8,16-17H,1,6,9-14H2/t16-/m0/s1. The first-order valence-corrected chi connectivity index (χ1v) is 9.55. The summed E-state index contributed by atoms with van der Waals surface area (Å²) in [7, 11) is 0. The van der Waals surface area contributed by atoms with Crippen LogP contribution in [0.3, 0.4) is 0 Å². The summed E-state index contributed by atoms with van der Waals surface area (Å²) in [6.45, 7) is 5.64. The van der Waals surface area contributed by atoms with Crippen molar-refractivity contribution >= 4 is 23.5 Å². The lowest BCUT2D eigenvalue weighted by molar-refractivity contribution is -0.0130. The number of rotatable bonds is 9. The van der Waals surface area contributed by atoms with Gasteiger partial charge in [0.1, 0.15) is 0 Å². The molecule has 1 saturated heterocycles. The topological polar surface area (TPSA) is 18.5 Å². The Kier molecular flexibility index (Phi) is 8.33. The van der Waals surface area contributed by atoms with Crippen molar-refractivity contribution in [1.82, 2.24) is 0 Å². The molecule has 0 spiro atoms. The van der Waals surface area contributed by atoms with Crippen LogP contribution in [0.15, 0.2) is 43.0 Å². The second kappa shape index (κ2) is 10.3. The first-order valence-electron chi connectivity index (χ1n) is 7.46. The van der Waals surface area contributed by atoms with Crippen LogP contribution in [0, 0.1) is 0 Å². The highest BCUT2D eigenvalue weighted by molar-refractivity contribution is 8.17. The Hall–Kier alpha value is -0.420. The van der Waals surface area contributed by atoms with E-state index in [2.05, 4.69) is 42.2 Å². The van der Waals surface area contributed by atoms with Gasteiger partial charge in [-0.3, -0.25) is 0 Å². The number of hydrogen-bond acceptors (Lipinski definition) is 4. The molecule has 0 amide bonds. The van der Waals surface area contributed by atoms with E-state index in [1.807, 2.05) is 24.3 Å². The Balaban J connectivity index is 1.73. The summed E-state index contributed by atoms with van der Waals surface area (Å²) in [5.41, 5.74) is 1.21. The molecule has 1 atom stereocenters. The fourth-order valence-electron chi connectivity index (χ4n) is 2.16. The van der Waals surface area contributed by atoms with E-state index in [-0.39, 0.29) is 6.10 Å². The molecule has 2 rings (SSSR count). The van der Waals surface area contributed by atoms with Crippen molar-refractivity contribution < 1.29 is 9.47 Å². The van der Waals surface area contributed by atoms with Crippen LogP contribution in [0.1, 0.15) is 18.4 Å². The lowest BCUT2D eigenvalue weighted by Gasteiger charge is -2.25. The summed E-state index contributed by atoms with van der Waals surface area (Å²) in [6, 6.07) is 10.3. The Morgan fingerprint density at radius 1 is 1.24 bits per heavy atom. The zero-order valence-electron chi connectivity index (χ0n) is 12.4. The number of hydrogen-bond donors (Lipinski definition) is 0. The highest BCUT2D eigenvalue weighted by Crippen LogP contribution is 2.34. The van der Waals surface area contributed by atoms with Gasteiger partial charge in [-0.25, -0.2) is 0 Å². The molecule has 0 bridgehead atoms.